The lowest BCUT2D eigenvalue weighted by molar-refractivity contribution is 1.45. The molecule has 2 aromatic carbocycles. The molecule has 0 aliphatic heterocycles. The molecule has 0 amide bonds. The van der Waals surface area contributed by atoms with Gasteiger partial charge in [-0.25, -0.2) is 0 Å². The molecule has 0 bridgehead atoms. The highest BCUT2D eigenvalue weighted by Crippen LogP contribution is 2.28. The standard InChI is InChI=1S/C15H17N5/c1-18-14-6-4-11(7-10(14)9-16)20-12-3-5-13(17)15(8-12)19-2/h3-9,16,18,20H,2,17H2,1H3. The highest BCUT2D eigenvalue weighted by molar-refractivity contribution is 5.88. The van der Waals surface area contributed by atoms with E-state index in [0.29, 0.717) is 11.4 Å². The van der Waals surface area contributed by atoms with Crippen molar-refractivity contribution in [1.29, 1.82) is 5.41 Å². The molecule has 0 fully saturated rings. The van der Waals surface area contributed by atoms with Gasteiger partial charge in [0.25, 0.3) is 0 Å². The van der Waals surface area contributed by atoms with Crippen molar-refractivity contribution in [2.45, 2.75) is 0 Å². The average molecular weight is 267 g/mol. The Balaban J connectivity index is 2.30. The predicted octanol–water partition coefficient (Wildman–Crippen LogP) is 3.38. The molecular formula is C15H17N5. The molecule has 0 aliphatic carbocycles. The molecule has 0 aliphatic rings. The van der Waals surface area contributed by atoms with Crippen LogP contribution in [0.3, 0.4) is 0 Å². The van der Waals surface area contributed by atoms with E-state index in [1.807, 2.05) is 37.4 Å². The van der Waals surface area contributed by atoms with Crippen molar-refractivity contribution in [3.05, 3.63) is 42.0 Å². The zero-order valence-electron chi connectivity index (χ0n) is 11.3. The first-order chi connectivity index (χ1) is 9.67. The Morgan fingerprint density at radius 1 is 1.20 bits per heavy atom. The lowest BCUT2D eigenvalue weighted by Crippen LogP contribution is -1.97. The maximum atomic E-state index is 7.42. The number of benzene rings is 2. The third-order valence-corrected chi connectivity index (χ3v) is 2.97. The number of nitrogens with two attached hydrogens (primary N) is 1. The summed E-state index contributed by atoms with van der Waals surface area (Å²) in [6.45, 7) is 3.49. The average Bonchev–Trinajstić information content (AvgIpc) is 2.49. The van der Waals surface area contributed by atoms with Gasteiger partial charge in [-0.15, -0.1) is 0 Å². The molecule has 0 atom stereocenters. The van der Waals surface area contributed by atoms with Gasteiger partial charge >= 0.3 is 0 Å². The van der Waals surface area contributed by atoms with Gasteiger partial charge in [0.15, 0.2) is 0 Å². The van der Waals surface area contributed by atoms with Crippen molar-refractivity contribution >= 4 is 41.4 Å². The summed E-state index contributed by atoms with van der Waals surface area (Å²) in [4.78, 5) is 3.87. The molecule has 102 valence electrons. The normalized spacial score (nSPS) is 9.85. The molecule has 2 rings (SSSR count). The van der Waals surface area contributed by atoms with E-state index in [0.717, 1.165) is 22.6 Å². The van der Waals surface area contributed by atoms with Crippen LogP contribution in [0.25, 0.3) is 0 Å². The Bertz CT molecular complexity index is 649. The molecule has 0 unspecified atom stereocenters. The number of rotatable bonds is 5. The van der Waals surface area contributed by atoms with Gasteiger partial charge in [0, 0.05) is 35.9 Å². The van der Waals surface area contributed by atoms with Crippen LogP contribution in [-0.2, 0) is 0 Å². The number of nitrogens with zero attached hydrogens (tertiary/aromatic N) is 1. The van der Waals surface area contributed by atoms with E-state index in [2.05, 4.69) is 22.3 Å². The molecule has 0 aromatic heterocycles. The minimum Gasteiger partial charge on any atom is -0.397 e. The zero-order chi connectivity index (χ0) is 14.5. The number of hydrogen-bond acceptors (Lipinski definition) is 5. The number of aliphatic imine (C=N–C) groups is 1. The lowest BCUT2D eigenvalue weighted by Gasteiger charge is -2.11. The summed E-state index contributed by atoms with van der Waals surface area (Å²) in [5.74, 6) is 0. The van der Waals surface area contributed by atoms with E-state index in [4.69, 9.17) is 11.1 Å². The van der Waals surface area contributed by atoms with Crippen molar-refractivity contribution < 1.29 is 0 Å². The van der Waals surface area contributed by atoms with Crippen LogP contribution in [0.15, 0.2) is 41.4 Å². The topological polar surface area (TPSA) is 86.3 Å². The van der Waals surface area contributed by atoms with Crippen molar-refractivity contribution in [3.63, 3.8) is 0 Å². The van der Waals surface area contributed by atoms with Gasteiger partial charge in [-0.05, 0) is 43.1 Å². The van der Waals surface area contributed by atoms with Crippen LogP contribution in [0.5, 0.6) is 0 Å². The minimum atomic E-state index is 0.594. The molecule has 2 aromatic rings. The highest BCUT2D eigenvalue weighted by Gasteiger charge is 2.03. The Labute approximate surface area is 118 Å². The predicted molar refractivity (Wildman–Crippen MR) is 87.2 cm³/mol. The lowest BCUT2D eigenvalue weighted by atomic mass is 10.1. The summed E-state index contributed by atoms with van der Waals surface area (Å²) in [6.07, 6.45) is 1.32. The van der Waals surface area contributed by atoms with Gasteiger partial charge in [0.1, 0.15) is 0 Å². The van der Waals surface area contributed by atoms with Gasteiger partial charge in [-0.3, -0.25) is 4.99 Å². The summed E-state index contributed by atoms with van der Waals surface area (Å²) >= 11 is 0. The maximum Gasteiger partial charge on any atom is 0.0872 e. The van der Waals surface area contributed by atoms with E-state index in [1.54, 1.807) is 6.07 Å². The summed E-state index contributed by atoms with van der Waals surface area (Å²) in [6, 6.07) is 11.3. The fourth-order valence-corrected chi connectivity index (χ4v) is 1.91. The summed E-state index contributed by atoms with van der Waals surface area (Å²) < 4.78 is 0. The molecule has 20 heavy (non-hydrogen) atoms. The van der Waals surface area contributed by atoms with E-state index in [1.165, 1.54) is 6.21 Å². The zero-order valence-corrected chi connectivity index (χ0v) is 11.3. The van der Waals surface area contributed by atoms with Crippen molar-refractivity contribution in [1.82, 2.24) is 0 Å². The number of nitrogen functional groups attached to an aromatic ring is 1. The first kappa shape index (κ1) is 13.6. The molecule has 0 heterocycles. The quantitative estimate of drug-likeness (QED) is 0.495. The Morgan fingerprint density at radius 2 is 1.90 bits per heavy atom. The number of nitrogens with one attached hydrogen (secondary N) is 3. The monoisotopic (exact) mass is 267 g/mol. The van der Waals surface area contributed by atoms with Crippen LogP contribution in [0, 0.1) is 5.41 Å². The fraction of sp³-hybridized carbons (Fsp3) is 0.0667. The van der Waals surface area contributed by atoms with E-state index in [-0.39, 0.29) is 0 Å². The van der Waals surface area contributed by atoms with Gasteiger partial charge in [-0.1, -0.05) is 0 Å². The third kappa shape index (κ3) is 2.77. The Morgan fingerprint density at radius 3 is 2.55 bits per heavy atom. The fourth-order valence-electron chi connectivity index (χ4n) is 1.91. The summed E-state index contributed by atoms with van der Waals surface area (Å²) in [7, 11) is 1.83. The second-order valence-corrected chi connectivity index (χ2v) is 4.25. The van der Waals surface area contributed by atoms with E-state index >= 15 is 0 Å². The van der Waals surface area contributed by atoms with E-state index < -0.39 is 0 Å². The smallest absolute Gasteiger partial charge is 0.0872 e. The molecule has 0 saturated heterocycles. The van der Waals surface area contributed by atoms with Crippen LogP contribution in [0.2, 0.25) is 0 Å². The van der Waals surface area contributed by atoms with Crippen molar-refractivity contribution in [2.75, 3.05) is 23.4 Å². The Kier molecular flexibility index (Phi) is 4.00. The van der Waals surface area contributed by atoms with Crippen LogP contribution in [0.4, 0.5) is 28.4 Å². The second kappa shape index (κ2) is 5.88. The van der Waals surface area contributed by atoms with Crippen molar-refractivity contribution in [3.8, 4) is 0 Å². The van der Waals surface area contributed by atoms with Crippen LogP contribution in [0.1, 0.15) is 5.56 Å². The maximum absolute atomic E-state index is 7.42. The first-order valence-corrected chi connectivity index (χ1v) is 6.13. The molecule has 0 spiro atoms. The summed E-state index contributed by atoms with van der Waals surface area (Å²) in [5.41, 5.74) is 10.5. The van der Waals surface area contributed by atoms with Crippen molar-refractivity contribution in [2.24, 2.45) is 4.99 Å². The molecule has 0 saturated carbocycles. The van der Waals surface area contributed by atoms with Gasteiger partial charge in [0.2, 0.25) is 0 Å². The molecule has 5 N–H and O–H groups in total. The van der Waals surface area contributed by atoms with Gasteiger partial charge < -0.3 is 21.8 Å². The second-order valence-electron chi connectivity index (χ2n) is 4.25. The molecular weight excluding hydrogens is 250 g/mol. The third-order valence-electron chi connectivity index (χ3n) is 2.97. The largest absolute Gasteiger partial charge is 0.397 e. The Hall–Kier alpha value is -2.82. The van der Waals surface area contributed by atoms with E-state index in [9.17, 15) is 0 Å². The van der Waals surface area contributed by atoms with Crippen LogP contribution < -0.4 is 16.4 Å². The van der Waals surface area contributed by atoms with Crippen LogP contribution >= 0.6 is 0 Å². The molecule has 0 radical (unpaired) electrons. The SMILES string of the molecule is C=Nc1cc(Nc2ccc(NC)c(C=N)c2)ccc1N. The molecule has 5 heteroatoms. The number of anilines is 4. The van der Waals surface area contributed by atoms with Gasteiger partial charge in [0.05, 0.1) is 11.4 Å². The van der Waals surface area contributed by atoms with Crippen LogP contribution in [-0.4, -0.2) is 20.0 Å². The highest BCUT2D eigenvalue weighted by atomic mass is 14.9. The number of hydrogen-bond donors (Lipinski definition) is 4. The first-order valence-electron chi connectivity index (χ1n) is 6.13. The summed E-state index contributed by atoms with van der Waals surface area (Å²) in [5, 5.41) is 13.7. The minimum absolute atomic E-state index is 0.594. The van der Waals surface area contributed by atoms with Gasteiger partial charge in [-0.2, -0.15) is 0 Å². The molecule has 5 nitrogen and oxygen atoms in total.